The first-order chi connectivity index (χ1) is 14.1. The van der Waals surface area contributed by atoms with Crippen LogP contribution in [-0.4, -0.2) is 29.7 Å². The maximum Gasteiger partial charge on any atom is 0.144 e. The highest BCUT2D eigenvalue weighted by Crippen LogP contribution is 2.33. The number of fused-ring (bicyclic) bond motifs is 1. The fourth-order valence-corrected chi connectivity index (χ4v) is 4.23. The minimum atomic E-state index is -1.08. The summed E-state index contributed by atoms with van der Waals surface area (Å²) in [5.41, 5.74) is -0.326. The first-order valence-electron chi connectivity index (χ1n) is 10.5. The van der Waals surface area contributed by atoms with Crippen LogP contribution in [-0.2, 0) is 5.72 Å². The second kappa shape index (κ2) is 8.93. The molecule has 1 saturated heterocycles. The molecule has 152 valence electrons. The summed E-state index contributed by atoms with van der Waals surface area (Å²) in [6.07, 6.45) is 4.61. The van der Waals surface area contributed by atoms with Crippen molar-refractivity contribution in [3.05, 3.63) is 78.1 Å². The van der Waals surface area contributed by atoms with E-state index in [0.717, 1.165) is 42.6 Å². The van der Waals surface area contributed by atoms with Crippen LogP contribution in [0.25, 0.3) is 10.8 Å². The number of piperidine rings is 1. The number of nitrogens with zero attached hydrogens (tertiary/aromatic N) is 1. The third-order valence-electron chi connectivity index (χ3n) is 5.85. The molecule has 0 amide bonds. The number of aliphatic hydroxyl groups is 1. The lowest BCUT2D eigenvalue weighted by Crippen LogP contribution is -2.48. The molecule has 0 aromatic heterocycles. The average Bonchev–Trinajstić information content (AvgIpc) is 2.77. The van der Waals surface area contributed by atoms with Gasteiger partial charge in [0, 0.05) is 13.1 Å². The first kappa shape index (κ1) is 19.9. The minimum absolute atomic E-state index is 0.283. The summed E-state index contributed by atoms with van der Waals surface area (Å²) >= 11 is 0. The molecule has 3 aromatic carbocycles. The van der Waals surface area contributed by atoms with E-state index in [1.54, 1.807) is 12.1 Å². The van der Waals surface area contributed by atoms with Crippen LogP contribution in [0.3, 0.4) is 0 Å². The van der Waals surface area contributed by atoms with Gasteiger partial charge in [0.2, 0.25) is 0 Å². The van der Waals surface area contributed by atoms with Crippen LogP contribution in [0.1, 0.15) is 37.7 Å². The van der Waals surface area contributed by atoms with E-state index in [0.29, 0.717) is 19.4 Å². The molecule has 1 atom stereocenters. The number of hydrogen-bond donors (Lipinski definition) is 1. The highest BCUT2D eigenvalue weighted by Gasteiger charge is 2.36. The quantitative estimate of drug-likeness (QED) is 0.540. The average molecular weight is 394 g/mol. The summed E-state index contributed by atoms with van der Waals surface area (Å²) in [4.78, 5) is 2.14. The Hall–Kier alpha value is -2.43. The minimum Gasteiger partial charge on any atom is -0.494 e. The molecule has 29 heavy (non-hydrogen) atoms. The monoisotopic (exact) mass is 393 g/mol. The number of ether oxygens (including phenoxy) is 1. The molecule has 0 saturated carbocycles. The van der Waals surface area contributed by atoms with Gasteiger partial charge in [-0.05, 0) is 66.3 Å². The van der Waals surface area contributed by atoms with Crippen LogP contribution in [0.15, 0.2) is 66.7 Å². The Bertz CT molecular complexity index is 937. The Labute approximate surface area is 171 Å². The van der Waals surface area contributed by atoms with Gasteiger partial charge in [0.05, 0.1) is 6.61 Å². The van der Waals surface area contributed by atoms with E-state index in [4.69, 9.17) is 4.74 Å². The van der Waals surface area contributed by atoms with Crippen molar-refractivity contribution >= 4 is 10.8 Å². The zero-order chi connectivity index (χ0) is 20.1. The van der Waals surface area contributed by atoms with Crippen molar-refractivity contribution in [1.82, 2.24) is 4.90 Å². The molecule has 0 spiro atoms. The maximum absolute atomic E-state index is 13.4. The Balaban J connectivity index is 1.42. The van der Waals surface area contributed by atoms with Crippen LogP contribution in [0.5, 0.6) is 5.75 Å². The summed E-state index contributed by atoms with van der Waals surface area (Å²) in [6.45, 7) is 2.24. The summed E-state index contributed by atoms with van der Waals surface area (Å²) < 4.78 is 19.4. The van der Waals surface area contributed by atoms with Gasteiger partial charge in [0.15, 0.2) is 0 Å². The van der Waals surface area contributed by atoms with E-state index in [-0.39, 0.29) is 5.82 Å². The van der Waals surface area contributed by atoms with E-state index in [2.05, 4.69) is 23.1 Å². The van der Waals surface area contributed by atoms with E-state index in [9.17, 15) is 9.50 Å². The van der Waals surface area contributed by atoms with E-state index in [1.807, 2.05) is 24.3 Å². The predicted octanol–water partition coefficient (Wildman–Crippen LogP) is 5.47. The number of hydrogen-bond acceptors (Lipinski definition) is 3. The van der Waals surface area contributed by atoms with Crippen LogP contribution in [0.2, 0.25) is 0 Å². The molecule has 1 aliphatic heterocycles. The molecule has 1 N–H and O–H groups in total. The Morgan fingerprint density at radius 1 is 0.897 bits per heavy atom. The van der Waals surface area contributed by atoms with Gasteiger partial charge in [-0.15, -0.1) is 0 Å². The summed E-state index contributed by atoms with van der Waals surface area (Å²) in [6, 6.07) is 20.6. The third kappa shape index (κ3) is 4.60. The molecule has 4 heteroatoms. The largest absolute Gasteiger partial charge is 0.494 e. The van der Waals surface area contributed by atoms with E-state index in [1.165, 1.54) is 23.9 Å². The predicted molar refractivity (Wildman–Crippen MR) is 114 cm³/mol. The highest BCUT2D eigenvalue weighted by atomic mass is 19.1. The van der Waals surface area contributed by atoms with E-state index >= 15 is 0 Å². The van der Waals surface area contributed by atoms with Crippen molar-refractivity contribution in [3.63, 3.8) is 0 Å². The van der Waals surface area contributed by atoms with Crippen molar-refractivity contribution in [2.75, 3.05) is 19.7 Å². The molecule has 0 aliphatic carbocycles. The lowest BCUT2D eigenvalue weighted by molar-refractivity contribution is -0.131. The van der Waals surface area contributed by atoms with Gasteiger partial charge >= 0.3 is 0 Å². The maximum atomic E-state index is 13.4. The second-order valence-corrected chi connectivity index (χ2v) is 7.83. The Morgan fingerprint density at radius 3 is 2.38 bits per heavy atom. The van der Waals surface area contributed by atoms with Crippen LogP contribution in [0, 0.1) is 5.82 Å². The zero-order valence-corrected chi connectivity index (χ0v) is 16.7. The molecular formula is C25H28FNO2. The smallest absolute Gasteiger partial charge is 0.144 e. The van der Waals surface area contributed by atoms with Gasteiger partial charge in [-0.2, -0.15) is 0 Å². The molecule has 3 nitrogen and oxygen atoms in total. The third-order valence-corrected chi connectivity index (χ3v) is 5.85. The van der Waals surface area contributed by atoms with Crippen LogP contribution in [0.4, 0.5) is 4.39 Å². The molecular weight excluding hydrogens is 365 g/mol. The van der Waals surface area contributed by atoms with Gasteiger partial charge in [0.1, 0.15) is 17.3 Å². The lowest BCUT2D eigenvalue weighted by Gasteiger charge is -2.42. The highest BCUT2D eigenvalue weighted by molar-refractivity contribution is 5.83. The molecule has 1 aliphatic rings. The standard InChI is InChI=1S/C25H28FNO2/c26-23-12-10-22(11-13-23)25(28,27-16-4-1-5-17-27)15-6-18-29-24-14-9-20-7-2-3-8-21(20)19-24/h2-3,7-14,19,28H,1,4-6,15-18H2. The SMILES string of the molecule is OC(CCCOc1ccc2ccccc2c1)(c1ccc(F)cc1)N1CCCCC1. The molecule has 3 aromatic rings. The first-order valence-corrected chi connectivity index (χ1v) is 10.5. The molecule has 1 heterocycles. The van der Waals surface area contributed by atoms with Gasteiger partial charge in [-0.25, -0.2) is 4.39 Å². The second-order valence-electron chi connectivity index (χ2n) is 7.83. The zero-order valence-electron chi connectivity index (χ0n) is 16.7. The molecule has 1 unspecified atom stereocenters. The van der Waals surface area contributed by atoms with Crippen molar-refractivity contribution < 1.29 is 14.2 Å². The fraction of sp³-hybridized carbons (Fsp3) is 0.360. The van der Waals surface area contributed by atoms with Gasteiger partial charge < -0.3 is 9.84 Å². The summed E-state index contributed by atoms with van der Waals surface area (Å²) in [5.74, 6) is 0.557. The Kier molecular flexibility index (Phi) is 6.12. The van der Waals surface area contributed by atoms with Gasteiger partial charge in [-0.3, -0.25) is 4.90 Å². The normalized spacial score (nSPS) is 17.2. The van der Waals surface area contributed by atoms with Crippen molar-refractivity contribution in [3.8, 4) is 5.75 Å². The van der Waals surface area contributed by atoms with Crippen LogP contribution < -0.4 is 4.74 Å². The number of halogens is 1. The summed E-state index contributed by atoms with van der Waals surface area (Å²) in [7, 11) is 0. The van der Waals surface area contributed by atoms with Gasteiger partial charge in [0.25, 0.3) is 0 Å². The molecule has 1 fully saturated rings. The lowest BCUT2D eigenvalue weighted by atomic mass is 9.93. The molecule has 0 bridgehead atoms. The van der Waals surface area contributed by atoms with Gasteiger partial charge in [-0.1, -0.05) is 48.9 Å². The molecule has 0 radical (unpaired) electrons. The summed E-state index contributed by atoms with van der Waals surface area (Å²) in [5, 5.41) is 13.9. The Morgan fingerprint density at radius 2 is 1.62 bits per heavy atom. The number of likely N-dealkylation sites (tertiary alicyclic amines) is 1. The topological polar surface area (TPSA) is 32.7 Å². The number of benzene rings is 3. The number of rotatable bonds is 7. The van der Waals surface area contributed by atoms with Crippen molar-refractivity contribution in [2.24, 2.45) is 0 Å². The molecule has 4 rings (SSSR count). The fourth-order valence-electron chi connectivity index (χ4n) is 4.23. The van der Waals surface area contributed by atoms with Crippen LogP contribution >= 0.6 is 0 Å². The van der Waals surface area contributed by atoms with Crippen molar-refractivity contribution in [2.45, 2.75) is 37.8 Å². The van der Waals surface area contributed by atoms with E-state index < -0.39 is 5.72 Å². The van der Waals surface area contributed by atoms with Crippen molar-refractivity contribution in [1.29, 1.82) is 0 Å².